The van der Waals surface area contributed by atoms with Gasteiger partial charge in [-0.25, -0.2) is 4.68 Å². The molecule has 0 unspecified atom stereocenters. The first-order chi connectivity index (χ1) is 10.5. The van der Waals surface area contributed by atoms with Gasteiger partial charge in [0, 0.05) is 31.3 Å². The third-order valence-corrected chi connectivity index (χ3v) is 3.84. The fourth-order valence-corrected chi connectivity index (χ4v) is 2.26. The zero-order valence-corrected chi connectivity index (χ0v) is 12.7. The Hall–Kier alpha value is -2.44. The van der Waals surface area contributed by atoms with E-state index in [0.717, 1.165) is 24.2 Å². The SMILES string of the molecule is Cc1cc(C(=O)NCCn2nc(C3CC3)ccc2=O)nn1C. The topological polar surface area (TPSA) is 81.8 Å². The van der Waals surface area contributed by atoms with Gasteiger partial charge in [0.25, 0.3) is 11.5 Å². The standard InChI is InChI=1S/C15H19N5O2/c1-10-9-13(17-19(10)2)15(22)16-7-8-20-14(21)6-5-12(18-20)11-3-4-11/h5-6,9,11H,3-4,7-8H2,1-2H3,(H,16,22). The lowest BCUT2D eigenvalue weighted by molar-refractivity contribution is 0.0946. The molecule has 0 saturated heterocycles. The van der Waals surface area contributed by atoms with E-state index in [1.807, 2.05) is 6.92 Å². The fourth-order valence-electron chi connectivity index (χ4n) is 2.26. The van der Waals surface area contributed by atoms with Gasteiger partial charge in [-0.2, -0.15) is 10.2 Å². The molecule has 1 amide bonds. The molecular weight excluding hydrogens is 282 g/mol. The van der Waals surface area contributed by atoms with Crippen LogP contribution in [-0.2, 0) is 13.6 Å². The molecule has 1 aliphatic carbocycles. The predicted molar refractivity (Wildman–Crippen MR) is 80.8 cm³/mol. The third-order valence-electron chi connectivity index (χ3n) is 3.84. The summed E-state index contributed by atoms with van der Waals surface area (Å²) in [5.41, 5.74) is 2.12. The largest absolute Gasteiger partial charge is 0.349 e. The first-order valence-corrected chi connectivity index (χ1v) is 7.41. The van der Waals surface area contributed by atoms with Crippen LogP contribution in [0, 0.1) is 6.92 Å². The van der Waals surface area contributed by atoms with Crippen LogP contribution < -0.4 is 10.9 Å². The Morgan fingerprint density at radius 1 is 1.36 bits per heavy atom. The van der Waals surface area contributed by atoms with Crippen molar-refractivity contribution < 1.29 is 4.79 Å². The van der Waals surface area contributed by atoms with Crippen molar-refractivity contribution in [3.63, 3.8) is 0 Å². The van der Waals surface area contributed by atoms with Gasteiger partial charge < -0.3 is 5.32 Å². The molecule has 22 heavy (non-hydrogen) atoms. The van der Waals surface area contributed by atoms with Gasteiger partial charge >= 0.3 is 0 Å². The highest BCUT2D eigenvalue weighted by Gasteiger charge is 2.25. The fraction of sp³-hybridized carbons (Fsp3) is 0.467. The minimum Gasteiger partial charge on any atom is -0.349 e. The first kappa shape index (κ1) is 14.5. The van der Waals surface area contributed by atoms with Crippen molar-refractivity contribution in [1.82, 2.24) is 24.9 Å². The lowest BCUT2D eigenvalue weighted by atomic mass is 10.3. The summed E-state index contributed by atoms with van der Waals surface area (Å²) < 4.78 is 3.07. The molecule has 7 nitrogen and oxygen atoms in total. The van der Waals surface area contributed by atoms with Crippen LogP contribution in [-0.4, -0.2) is 32.0 Å². The summed E-state index contributed by atoms with van der Waals surface area (Å²) in [6.07, 6.45) is 2.28. The van der Waals surface area contributed by atoms with Crippen molar-refractivity contribution in [2.24, 2.45) is 7.05 Å². The number of carbonyl (C=O) groups is 1. The lowest BCUT2D eigenvalue weighted by Gasteiger charge is -2.07. The Kier molecular flexibility index (Phi) is 3.79. The summed E-state index contributed by atoms with van der Waals surface area (Å²) in [6, 6.07) is 5.07. The average molecular weight is 301 g/mol. The maximum atomic E-state index is 12.0. The van der Waals surface area contributed by atoms with Gasteiger partial charge in [-0.05, 0) is 31.9 Å². The molecule has 1 N–H and O–H groups in total. The predicted octanol–water partition coefficient (Wildman–Crippen LogP) is 0.593. The van der Waals surface area contributed by atoms with E-state index in [-0.39, 0.29) is 11.5 Å². The van der Waals surface area contributed by atoms with Gasteiger partial charge in [0.2, 0.25) is 0 Å². The summed E-state index contributed by atoms with van der Waals surface area (Å²) in [5.74, 6) is 0.257. The molecule has 0 aromatic carbocycles. The molecule has 1 aliphatic rings. The van der Waals surface area contributed by atoms with Gasteiger partial charge in [0.1, 0.15) is 5.69 Å². The van der Waals surface area contributed by atoms with E-state index in [0.29, 0.717) is 24.7 Å². The maximum absolute atomic E-state index is 12.0. The number of hydrogen-bond donors (Lipinski definition) is 1. The summed E-state index contributed by atoms with van der Waals surface area (Å²) >= 11 is 0. The number of aromatic nitrogens is 4. The number of carbonyl (C=O) groups excluding carboxylic acids is 1. The summed E-state index contributed by atoms with van der Waals surface area (Å²) in [5, 5.41) is 11.2. The Morgan fingerprint density at radius 2 is 2.14 bits per heavy atom. The third kappa shape index (κ3) is 3.08. The number of amides is 1. The number of hydrogen-bond acceptors (Lipinski definition) is 4. The molecular formula is C15H19N5O2. The Labute approximate surface area is 128 Å². The van der Waals surface area contributed by atoms with Gasteiger partial charge in [-0.15, -0.1) is 0 Å². The molecule has 0 radical (unpaired) electrons. The molecule has 116 valence electrons. The molecule has 2 aromatic rings. The zero-order valence-electron chi connectivity index (χ0n) is 12.7. The van der Waals surface area contributed by atoms with E-state index in [4.69, 9.17) is 0 Å². The van der Waals surface area contributed by atoms with Gasteiger partial charge in [0.05, 0.1) is 12.2 Å². The first-order valence-electron chi connectivity index (χ1n) is 7.41. The molecule has 1 saturated carbocycles. The van der Waals surface area contributed by atoms with Crippen LogP contribution in [0.1, 0.15) is 40.6 Å². The molecule has 2 aromatic heterocycles. The normalized spacial score (nSPS) is 14.1. The number of nitrogens with one attached hydrogen (secondary N) is 1. The van der Waals surface area contributed by atoms with Crippen LogP contribution in [0.25, 0.3) is 0 Å². The van der Waals surface area contributed by atoms with Crippen LogP contribution in [0.15, 0.2) is 23.0 Å². The van der Waals surface area contributed by atoms with Crippen LogP contribution >= 0.6 is 0 Å². The van der Waals surface area contributed by atoms with E-state index in [9.17, 15) is 9.59 Å². The highest BCUT2D eigenvalue weighted by Crippen LogP contribution is 2.38. The molecule has 0 atom stereocenters. The van der Waals surface area contributed by atoms with E-state index in [1.54, 1.807) is 29.9 Å². The van der Waals surface area contributed by atoms with Crippen molar-refractivity contribution in [2.45, 2.75) is 32.2 Å². The maximum Gasteiger partial charge on any atom is 0.271 e. The van der Waals surface area contributed by atoms with E-state index in [2.05, 4.69) is 15.5 Å². The van der Waals surface area contributed by atoms with Crippen molar-refractivity contribution in [3.8, 4) is 0 Å². The second-order valence-electron chi connectivity index (χ2n) is 5.64. The number of aryl methyl sites for hydroxylation is 2. The highest BCUT2D eigenvalue weighted by molar-refractivity contribution is 5.92. The smallest absolute Gasteiger partial charge is 0.271 e. The second-order valence-corrected chi connectivity index (χ2v) is 5.64. The van der Waals surface area contributed by atoms with Crippen LogP contribution in [0.3, 0.4) is 0 Å². The molecule has 0 aliphatic heterocycles. The minimum absolute atomic E-state index is 0.146. The van der Waals surface area contributed by atoms with E-state index in [1.165, 1.54) is 4.68 Å². The van der Waals surface area contributed by atoms with Crippen LogP contribution in [0.2, 0.25) is 0 Å². The quantitative estimate of drug-likeness (QED) is 0.876. The van der Waals surface area contributed by atoms with Crippen molar-refractivity contribution in [2.75, 3.05) is 6.54 Å². The Bertz CT molecular complexity index is 738. The van der Waals surface area contributed by atoms with E-state index < -0.39 is 0 Å². The molecule has 1 fully saturated rings. The Morgan fingerprint density at radius 3 is 2.77 bits per heavy atom. The molecule has 0 spiro atoms. The van der Waals surface area contributed by atoms with Crippen molar-refractivity contribution >= 4 is 5.91 Å². The summed E-state index contributed by atoms with van der Waals surface area (Å²) in [6.45, 7) is 2.59. The molecule has 2 heterocycles. The van der Waals surface area contributed by atoms with E-state index >= 15 is 0 Å². The summed E-state index contributed by atoms with van der Waals surface area (Å²) in [4.78, 5) is 23.8. The van der Waals surface area contributed by atoms with Crippen molar-refractivity contribution in [3.05, 3.63) is 45.6 Å². The highest BCUT2D eigenvalue weighted by atomic mass is 16.2. The molecule has 0 bridgehead atoms. The van der Waals surface area contributed by atoms with Crippen molar-refractivity contribution in [1.29, 1.82) is 0 Å². The average Bonchev–Trinajstić information content (AvgIpc) is 3.27. The van der Waals surface area contributed by atoms with Gasteiger partial charge in [-0.1, -0.05) is 0 Å². The van der Waals surface area contributed by atoms with Crippen LogP contribution in [0.4, 0.5) is 0 Å². The molecule has 7 heteroatoms. The second kappa shape index (κ2) is 5.75. The monoisotopic (exact) mass is 301 g/mol. The van der Waals surface area contributed by atoms with Crippen LogP contribution in [0.5, 0.6) is 0 Å². The minimum atomic E-state index is -0.241. The Balaban J connectivity index is 1.59. The zero-order chi connectivity index (χ0) is 15.7. The van der Waals surface area contributed by atoms with Gasteiger partial charge in [0.15, 0.2) is 0 Å². The number of rotatable bonds is 5. The van der Waals surface area contributed by atoms with Gasteiger partial charge in [-0.3, -0.25) is 14.3 Å². The molecule has 3 rings (SSSR count). The summed E-state index contributed by atoms with van der Waals surface area (Å²) in [7, 11) is 1.79. The number of nitrogens with zero attached hydrogens (tertiary/aromatic N) is 4. The lowest BCUT2D eigenvalue weighted by Crippen LogP contribution is -2.32.